The van der Waals surface area contributed by atoms with Crippen LogP contribution < -0.4 is 5.73 Å². The first-order chi connectivity index (χ1) is 6.22. The van der Waals surface area contributed by atoms with E-state index in [0.29, 0.717) is 0 Å². The smallest absolute Gasteiger partial charge is 0.0337 e. The second kappa shape index (κ2) is 17.2. The van der Waals surface area contributed by atoms with Crippen LogP contribution in [0.5, 0.6) is 0 Å². The van der Waals surface area contributed by atoms with Crippen LogP contribution in [-0.2, 0) is 0 Å². The topological polar surface area (TPSA) is 26.0 Å². The van der Waals surface area contributed by atoms with Crippen LogP contribution in [-0.4, -0.2) is 0 Å². The molecule has 0 aromatic heterocycles. The van der Waals surface area contributed by atoms with Crippen molar-refractivity contribution in [2.24, 2.45) is 5.73 Å². The maximum Gasteiger partial charge on any atom is 0.0337 e. The molecule has 0 unspecified atom stereocenters. The van der Waals surface area contributed by atoms with E-state index < -0.39 is 0 Å². The third-order valence-corrected chi connectivity index (χ3v) is 1.09. The van der Waals surface area contributed by atoms with Crippen LogP contribution in [0, 0.1) is 0 Å². The molecule has 0 aromatic carbocycles. The zero-order valence-corrected chi connectivity index (χ0v) is 10.0. The minimum Gasteiger partial charge on any atom is -0.399 e. The third-order valence-electron chi connectivity index (χ3n) is 1.09. The van der Waals surface area contributed by atoms with Gasteiger partial charge in [0.1, 0.15) is 0 Å². The van der Waals surface area contributed by atoms with Gasteiger partial charge in [-0.2, -0.15) is 0 Å². The van der Waals surface area contributed by atoms with Crippen molar-refractivity contribution in [2.75, 3.05) is 0 Å². The van der Waals surface area contributed by atoms with Crippen LogP contribution in [0.2, 0.25) is 0 Å². The van der Waals surface area contributed by atoms with E-state index in [1.165, 1.54) is 0 Å². The molecule has 0 aliphatic heterocycles. The zero-order valence-electron chi connectivity index (χ0n) is 10.0. The van der Waals surface area contributed by atoms with Gasteiger partial charge in [-0.25, -0.2) is 0 Å². The second-order valence-corrected chi connectivity index (χ2v) is 1.84. The molecule has 2 N–H and O–H groups in total. The van der Waals surface area contributed by atoms with Crippen LogP contribution in [0.15, 0.2) is 36.1 Å². The fourth-order valence-electron chi connectivity index (χ4n) is 0.507. The highest BCUT2D eigenvalue weighted by atomic mass is 14.6. The van der Waals surface area contributed by atoms with E-state index in [0.717, 1.165) is 11.3 Å². The van der Waals surface area contributed by atoms with Gasteiger partial charge in [0.15, 0.2) is 0 Å². The van der Waals surface area contributed by atoms with E-state index in [9.17, 15) is 0 Å². The van der Waals surface area contributed by atoms with Crippen LogP contribution in [0.4, 0.5) is 0 Å². The summed E-state index contributed by atoms with van der Waals surface area (Å²) in [6.45, 7) is 15.5. The number of nitrogens with two attached hydrogens (primary N) is 1. The lowest BCUT2D eigenvalue weighted by Crippen LogP contribution is -1.94. The molecule has 0 radical (unpaired) electrons. The molecule has 0 atom stereocenters. The lowest BCUT2D eigenvalue weighted by Gasteiger charge is -1.94. The SMILES string of the molecule is C=C/C(N)=C(C)\C=C/C.CC.CC. The van der Waals surface area contributed by atoms with Gasteiger partial charge < -0.3 is 5.73 Å². The molecule has 0 heterocycles. The first-order valence-electron chi connectivity index (χ1n) is 4.93. The molecular weight excluding hydrogens is 158 g/mol. The molecule has 0 amide bonds. The summed E-state index contributed by atoms with van der Waals surface area (Å²) in [7, 11) is 0. The van der Waals surface area contributed by atoms with Gasteiger partial charge >= 0.3 is 0 Å². The molecule has 0 aliphatic carbocycles. The van der Waals surface area contributed by atoms with E-state index in [4.69, 9.17) is 5.73 Å². The quantitative estimate of drug-likeness (QED) is 0.643. The Morgan fingerprint density at radius 2 is 1.54 bits per heavy atom. The van der Waals surface area contributed by atoms with Gasteiger partial charge in [0.25, 0.3) is 0 Å². The molecule has 0 spiro atoms. The molecule has 0 aromatic rings. The summed E-state index contributed by atoms with van der Waals surface area (Å²) in [5, 5.41) is 0. The van der Waals surface area contributed by atoms with Gasteiger partial charge in [-0.15, -0.1) is 0 Å². The van der Waals surface area contributed by atoms with Gasteiger partial charge in [0.05, 0.1) is 0 Å². The number of rotatable bonds is 2. The lowest BCUT2D eigenvalue weighted by molar-refractivity contribution is 1.32. The van der Waals surface area contributed by atoms with Crippen molar-refractivity contribution >= 4 is 0 Å². The van der Waals surface area contributed by atoms with Gasteiger partial charge in [-0.1, -0.05) is 46.4 Å². The molecule has 78 valence electrons. The highest BCUT2D eigenvalue weighted by Crippen LogP contribution is 1.99. The first-order valence-corrected chi connectivity index (χ1v) is 4.93. The van der Waals surface area contributed by atoms with E-state index in [2.05, 4.69) is 6.58 Å². The second-order valence-electron chi connectivity index (χ2n) is 1.84. The lowest BCUT2D eigenvalue weighted by atomic mass is 10.2. The largest absolute Gasteiger partial charge is 0.399 e. The third kappa shape index (κ3) is 13.9. The molecule has 1 nitrogen and oxygen atoms in total. The summed E-state index contributed by atoms with van der Waals surface area (Å²) in [4.78, 5) is 0. The summed E-state index contributed by atoms with van der Waals surface area (Å²) in [6, 6.07) is 0. The Bertz CT molecular complexity index is 153. The average Bonchev–Trinajstić information content (AvgIpc) is 2.23. The van der Waals surface area contributed by atoms with Gasteiger partial charge in [-0.05, 0) is 25.5 Å². The summed E-state index contributed by atoms with van der Waals surface area (Å²) in [5.74, 6) is 0. The van der Waals surface area contributed by atoms with Gasteiger partial charge in [-0.3, -0.25) is 0 Å². The van der Waals surface area contributed by atoms with Crippen LogP contribution >= 0.6 is 0 Å². The molecule has 0 saturated carbocycles. The zero-order chi connectivity index (χ0) is 11.3. The molecule has 0 aliphatic rings. The van der Waals surface area contributed by atoms with Crippen molar-refractivity contribution in [1.82, 2.24) is 0 Å². The van der Waals surface area contributed by atoms with Crippen LogP contribution in [0.1, 0.15) is 41.5 Å². The first kappa shape index (κ1) is 17.9. The van der Waals surface area contributed by atoms with Crippen molar-refractivity contribution in [3.05, 3.63) is 36.1 Å². The molecule has 0 rings (SSSR count). The van der Waals surface area contributed by atoms with Crippen molar-refractivity contribution < 1.29 is 0 Å². The molecular formula is C12H25N. The normalized spacial score (nSPS) is 10.3. The fraction of sp³-hybridized carbons (Fsp3) is 0.500. The van der Waals surface area contributed by atoms with E-state index in [1.54, 1.807) is 6.08 Å². The number of allylic oxidation sites excluding steroid dienone is 4. The Morgan fingerprint density at radius 3 is 1.77 bits per heavy atom. The van der Waals surface area contributed by atoms with Crippen molar-refractivity contribution in [2.45, 2.75) is 41.5 Å². The molecule has 0 bridgehead atoms. The fourth-order valence-corrected chi connectivity index (χ4v) is 0.507. The van der Waals surface area contributed by atoms with Crippen LogP contribution in [0.3, 0.4) is 0 Å². The molecule has 0 fully saturated rings. The average molecular weight is 183 g/mol. The Balaban J connectivity index is -0.000000218. The molecule has 1 heteroatoms. The Kier molecular flexibility index (Phi) is 23.7. The Morgan fingerprint density at radius 1 is 1.15 bits per heavy atom. The summed E-state index contributed by atoms with van der Waals surface area (Å²) < 4.78 is 0. The van der Waals surface area contributed by atoms with E-state index in [-0.39, 0.29) is 0 Å². The Labute approximate surface area is 84.0 Å². The highest BCUT2D eigenvalue weighted by molar-refractivity contribution is 5.27. The predicted octanol–water partition coefficient (Wildman–Crippen LogP) is 4.03. The standard InChI is InChI=1S/C8H13N.2C2H6/c1-4-6-7(3)8(9)5-2;2*1-2/h4-6H,2,9H2,1,3H3;2*1-2H3/b6-4-,8-7+;;. The van der Waals surface area contributed by atoms with E-state index in [1.807, 2.05) is 53.7 Å². The van der Waals surface area contributed by atoms with E-state index >= 15 is 0 Å². The predicted molar refractivity (Wildman–Crippen MR) is 64.6 cm³/mol. The number of hydrogen-bond donors (Lipinski definition) is 1. The highest BCUT2D eigenvalue weighted by Gasteiger charge is 1.84. The summed E-state index contributed by atoms with van der Waals surface area (Å²) in [5.41, 5.74) is 7.32. The monoisotopic (exact) mass is 183 g/mol. The van der Waals surface area contributed by atoms with Crippen LogP contribution in [0.25, 0.3) is 0 Å². The molecule has 13 heavy (non-hydrogen) atoms. The maximum absolute atomic E-state index is 5.51. The van der Waals surface area contributed by atoms with Crippen molar-refractivity contribution in [3.8, 4) is 0 Å². The van der Waals surface area contributed by atoms with Gasteiger partial charge in [0, 0.05) is 5.70 Å². The van der Waals surface area contributed by atoms with Gasteiger partial charge in [0.2, 0.25) is 0 Å². The summed E-state index contributed by atoms with van der Waals surface area (Å²) >= 11 is 0. The van der Waals surface area contributed by atoms with Crippen molar-refractivity contribution in [1.29, 1.82) is 0 Å². The maximum atomic E-state index is 5.51. The minimum absolute atomic E-state index is 0.744. The number of hydrogen-bond acceptors (Lipinski definition) is 1. The molecule has 0 saturated heterocycles. The van der Waals surface area contributed by atoms with Crippen molar-refractivity contribution in [3.63, 3.8) is 0 Å². The minimum atomic E-state index is 0.744. The Hall–Kier alpha value is -0.980. The summed E-state index contributed by atoms with van der Waals surface area (Å²) in [6.07, 6.45) is 5.55.